The topological polar surface area (TPSA) is 127 Å². The highest BCUT2D eigenvalue weighted by atomic mass is 79.9. The number of benzene rings is 2. The summed E-state index contributed by atoms with van der Waals surface area (Å²) >= 11 is 15.4. The highest BCUT2D eigenvalue weighted by Crippen LogP contribution is 2.35. The highest BCUT2D eigenvalue weighted by molar-refractivity contribution is 9.10. The van der Waals surface area contributed by atoms with E-state index < -0.39 is 21.9 Å². The lowest BCUT2D eigenvalue weighted by atomic mass is 10.1. The van der Waals surface area contributed by atoms with Crippen LogP contribution >= 0.6 is 39.1 Å². The van der Waals surface area contributed by atoms with Crippen LogP contribution in [0.15, 0.2) is 44.4 Å². The zero-order chi connectivity index (χ0) is 23.4. The Morgan fingerprint density at radius 3 is 2.50 bits per heavy atom. The van der Waals surface area contributed by atoms with Gasteiger partial charge in [-0.05, 0) is 41.5 Å². The number of hydrogen-bond donors (Lipinski definition) is 2. The second-order valence-corrected chi connectivity index (χ2v) is 7.99. The van der Waals surface area contributed by atoms with Crippen molar-refractivity contribution in [2.24, 2.45) is 0 Å². The van der Waals surface area contributed by atoms with E-state index in [9.17, 15) is 19.7 Å². The van der Waals surface area contributed by atoms with Gasteiger partial charge in [-0.15, -0.1) is 0 Å². The van der Waals surface area contributed by atoms with Crippen LogP contribution in [-0.2, 0) is 6.61 Å². The lowest BCUT2D eigenvalue weighted by Crippen LogP contribution is -2.25. The Balaban J connectivity index is 1.90. The molecule has 0 radical (unpaired) electrons. The lowest BCUT2D eigenvalue weighted by Gasteiger charge is -2.13. The molecular weight excluding hydrogens is 529 g/mol. The number of ether oxygens (including phenoxy) is 2. The molecule has 9 nitrogen and oxygen atoms in total. The summed E-state index contributed by atoms with van der Waals surface area (Å²) in [6.07, 6.45) is 2.73. The molecule has 3 rings (SSSR count). The van der Waals surface area contributed by atoms with Crippen molar-refractivity contribution in [2.75, 3.05) is 7.11 Å². The van der Waals surface area contributed by atoms with E-state index in [4.69, 9.17) is 32.7 Å². The Hall–Kier alpha value is -3.08. The predicted molar refractivity (Wildman–Crippen MR) is 125 cm³/mol. The fourth-order valence-corrected chi connectivity index (χ4v) is 3.49. The normalized spacial score (nSPS) is 11.0. The van der Waals surface area contributed by atoms with Gasteiger partial charge in [0, 0.05) is 4.47 Å². The summed E-state index contributed by atoms with van der Waals surface area (Å²) in [7, 11) is 1.46. The number of H-pyrrole nitrogens is 2. The largest absolute Gasteiger partial charge is 0.493 e. The Bertz CT molecular complexity index is 1340. The van der Waals surface area contributed by atoms with Gasteiger partial charge in [0.2, 0.25) is 0 Å². The average molecular weight is 543 g/mol. The van der Waals surface area contributed by atoms with Crippen molar-refractivity contribution in [1.29, 1.82) is 0 Å². The number of nitrogens with one attached hydrogen (secondary N) is 2. The Morgan fingerprint density at radius 2 is 1.84 bits per heavy atom. The van der Waals surface area contributed by atoms with Crippen LogP contribution in [0.5, 0.6) is 11.5 Å². The van der Waals surface area contributed by atoms with Crippen LogP contribution in [0.1, 0.15) is 16.8 Å². The van der Waals surface area contributed by atoms with Gasteiger partial charge in [-0.25, -0.2) is 4.79 Å². The van der Waals surface area contributed by atoms with Crippen LogP contribution in [0.2, 0.25) is 10.0 Å². The van der Waals surface area contributed by atoms with E-state index in [1.807, 2.05) is 4.98 Å². The summed E-state index contributed by atoms with van der Waals surface area (Å²) < 4.78 is 11.8. The molecule has 0 unspecified atom stereocenters. The number of methoxy groups -OCH3 is 1. The van der Waals surface area contributed by atoms with E-state index in [-0.39, 0.29) is 12.3 Å². The molecule has 0 aliphatic heterocycles. The summed E-state index contributed by atoms with van der Waals surface area (Å²) in [5.74, 6) is 0.819. The Labute approximate surface area is 198 Å². The van der Waals surface area contributed by atoms with Gasteiger partial charge in [-0.1, -0.05) is 51.3 Å². The lowest BCUT2D eigenvalue weighted by molar-refractivity contribution is -0.386. The molecule has 0 bridgehead atoms. The molecule has 0 spiro atoms. The van der Waals surface area contributed by atoms with Gasteiger partial charge >= 0.3 is 16.9 Å². The molecule has 0 aliphatic rings. The van der Waals surface area contributed by atoms with Crippen LogP contribution in [-0.4, -0.2) is 22.0 Å². The summed E-state index contributed by atoms with van der Waals surface area (Å²) in [6, 6.07) is 8.43. The van der Waals surface area contributed by atoms with Gasteiger partial charge in [0.25, 0.3) is 0 Å². The number of nitro groups is 1. The molecule has 3 aromatic rings. The number of nitrogens with zero attached hydrogens (tertiary/aromatic N) is 1. The quantitative estimate of drug-likeness (QED) is 0.326. The van der Waals surface area contributed by atoms with Gasteiger partial charge in [0.1, 0.15) is 12.3 Å². The van der Waals surface area contributed by atoms with Gasteiger partial charge < -0.3 is 14.5 Å². The van der Waals surface area contributed by atoms with Crippen molar-refractivity contribution in [3.63, 3.8) is 0 Å². The Morgan fingerprint density at radius 1 is 1.09 bits per heavy atom. The number of aromatic nitrogens is 2. The van der Waals surface area contributed by atoms with Gasteiger partial charge in [-0.2, -0.15) is 0 Å². The Kier molecular flexibility index (Phi) is 7.39. The van der Waals surface area contributed by atoms with Gasteiger partial charge in [0.15, 0.2) is 11.5 Å². The highest BCUT2D eigenvalue weighted by Gasteiger charge is 2.19. The second-order valence-electron chi connectivity index (χ2n) is 6.32. The van der Waals surface area contributed by atoms with Crippen LogP contribution in [0.3, 0.4) is 0 Å². The van der Waals surface area contributed by atoms with Crippen molar-refractivity contribution in [3.8, 4) is 11.5 Å². The number of rotatable bonds is 7. The minimum absolute atomic E-state index is 0.203. The van der Waals surface area contributed by atoms with Crippen molar-refractivity contribution >= 4 is 57.0 Å². The molecule has 12 heteroatoms. The third-order valence-electron chi connectivity index (χ3n) is 4.22. The maximum Gasteiger partial charge on any atom is 0.357 e. The number of hydrogen-bond acceptors (Lipinski definition) is 6. The maximum absolute atomic E-state index is 11.7. The zero-order valence-electron chi connectivity index (χ0n) is 16.3. The third kappa shape index (κ3) is 5.39. The van der Waals surface area contributed by atoms with Crippen molar-refractivity contribution in [3.05, 3.63) is 92.6 Å². The smallest absolute Gasteiger partial charge is 0.357 e. The second kappa shape index (κ2) is 10.0. The SMILES string of the molecule is COc1cc(/C=C/c2[nH]c(=O)[nH]c(=O)c2[N+](=O)[O-])c(Br)cc1OCc1ccc(Cl)c(Cl)c1. The summed E-state index contributed by atoms with van der Waals surface area (Å²) in [5.41, 5.74) is -1.62. The molecule has 0 fully saturated rings. The predicted octanol–water partition coefficient (Wildman–Crippen LogP) is 4.80. The molecule has 32 heavy (non-hydrogen) atoms. The van der Waals surface area contributed by atoms with Crippen LogP contribution < -0.4 is 20.7 Å². The van der Waals surface area contributed by atoms with Crippen LogP contribution in [0, 0.1) is 10.1 Å². The molecule has 0 saturated heterocycles. The average Bonchev–Trinajstić information content (AvgIpc) is 2.73. The standard InChI is InChI=1S/C20H14BrCl2N3O6/c1-31-16-7-11(3-5-15-18(26(29)30)19(27)25-20(28)24-15)12(21)8-17(16)32-9-10-2-4-13(22)14(23)6-10/h2-8H,9H2,1H3,(H2,24,25,27,28)/b5-3+. The molecular formula is C20H14BrCl2N3O6. The minimum Gasteiger partial charge on any atom is -0.493 e. The van der Waals surface area contributed by atoms with Crippen molar-refractivity contribution < 1.29 is 14.4 Å². The molecule has 0 aliphatic carbocycles. The zero-order valence-corrected chi connectivity index (χ0v) is 19.4. The number of halogens is 3. The van der Waals surface area contributed by atoms with Crippen molar-refractivity contribution in [1.82, 2.24) is 9.97 Å². The number of aromatic amines is 2. The van der Waals surface area contributed by atoms with E-state index >= 15 is 0 Å². The van der Waals surface area contributed by atoms with E-state index in [2.05, 4.69) is 20.9 Å². The van der Waals surface area contributed by atoms with E-state index in [1.54, 1.807) is 30.3 Å². The minimum atomic E-state index is -1.10. The molecule has 0 atom stereocenters. The summed E-state index contributed by atoms with van der Waals surface area (Å²) in [6.45, 7) is 0.203. The van der Waals surface area contributed by atoms with Crippen LogP contribution in [0.25, 0.3) is 12.2 Å². The first-order valence-corrected chi connectivity index (χ1v) is 10.4. The molecule has 1 aromatic heterocycles. The first kappa shape index (κ1) is 23.6. The molecule has 2 aromatic carbocycles. The van der Waals surface area contributed by atoms with E-state index in [1.165, 1.54) is 19.3 Å². The van der Waals surface area contributed by atoms with Crippen molar-refractivity contribution in [2.45, 2.75) is 6.61 Å². The molecule has 1 heterocycles. The van der Waals surface area contributed by atoms with E-state index in [0.717, 1.165) is 5.56 Å². The molecule has 0 amide bonds. The third-order valence-corrected chi connectivity index (χ3v) is 5.64. The molecule has 2 N–H and O–H groups in total. The van der Waals surface area contributed by atoms with E-state index in [0.29, 0.717) is 31.6 Å². The van der Waals surface area contributed by atoms with Gasteiger partial charge in [0.05, 0.1) is 22.1 Å². The summed E-state index contributed by atoms with van der Waals surface area (Å²) in [4.78, 5) is 37.6. The van der Waals surface area contributed by atoms with Gasteiger partial charge in [-0.3, -0.25) is 19.9 Å². The molecule has 0 saturated carbocycles. The monoisotopic (exact) mass is 541 g/mol. The maximum atomic E-state index is 11.7. The first-order valence-electron chi connectivity index (χ1n) is 8.83. The van der Waals surface area contributed by atoms with Crippen LogP contribution in [0.4, 0.5) is 5.69 Å². The fourth-order valence-electron chi connectivity index (χ4n) is 2.71. The fraction of sp³-hybridized carbons (Fsp3) is 0.100. The summed E-state index contributed by atoms with van der Waals surface area (Å²) in [5, 5.41) is 12.0. The molecule has 166 valence electrons. The first-order chi connectivity index (χ1) is 15.2.